The van der Waals surface area contributed by atoms with Crippen molar-refractivity contribution in [1.82, 2.24) is 20.5 Å². The monoisotopic (exact) mass is 362 g/mol. The molecule has 1 aliphatic rings. The topological polar surface area (TPSA) is 70.7 Å². The maximum atomic E-state index is 13.8. The van der Waals surface area contributed by atoms with Gasteiger partial charge in [-0.1, -0.05) is 50.6 Å². The van der Waals surface area contributed by atoms with E-state index < -0.39 is 0 Å². The minimum absolute atomic E-state index is 0.00630. The van der Waals surface area contributed by atoms with Gasteiger partial charge in [-0.2, -0.15) is 0 Å². The van der Waals surface area contributed by atoms with Crippen LogP contribution in [0.4, 0.5) is 4.39 Å². The number of carbonyl (C=O) groups is 1. The molecule has 25 heavy (non-hydrogen) atoms. The van der Waals surface area contributed by atoms with Gasteiger partial charge in [0.05, 0.1) is 11.3 Å². The number of halogens is 1. The number of aromatic amines is 1. The summed E-state index contributed by atoms with van der Waals surface area (Å²) in [5, 5.41) is 10.4. The van der Waals surface area contributed by atoms with Crippen molar-refractivity contribution < 1.29 is 9.18 Å². The molecule has 7 heteroatoms. The molecule has 1 saturated carbocycles. The van der Waals surface area contributed by atoms with Gasteiger partial charge in [0.1, 0.15) is 5.82 Å². The van der Waals surface area contributed by atoms with Crippen molar-refractivity contribution in [3.63, 3.8) is 0 Å². The van der Waals surface area contributed by atoms with Crippen LogP contribution in [-0.4, -0.2) is 32.9 Å². The first-order chi connectivity index (χ1) is 12.0. The molecule has 0 unspecified atom stereocenters. The van der Waals surface area contributed by atoms with Crippen molar-refractivity contribution in [3.05, 3.63) is 30.1 Å². The Balaban J connectivity index is 1.54. The van der Waals surface area contributed by atoms with Crippen molar-refractivity contribution in [2.45, 2.75) is 44.3 Å². The zero-order valence-electron chi connectivity index (χ0n) is 14.5. The van der Waals surface area contributed by atoms with Gasteiger partial charge in [0.25, 0.3) is 0 Å². The van der Waals surface area contributed by atoms with Crippen LogP contribution in [0, 0.1) is 17.7 Å². The van der Waals surface area contributed by atoms with Crippen molar-refractivity contribution in [2.75, 3.05) is 5.75 Å². The van der Waals surface area contributed by atoms with E-state index in [1.165, 1.54) is 24.2 Å². The lowest BCUT2D eigenvalue weighted by molar-refractivity contribution is -0.120. The van der Waals surface area contributed by atoms with Crippen LogP contribution in [0.5, 0.6) is 0 Å². The second-order valence-corrected chi connectivity index (χ2v) is 7.62. The van der Waals surface area contributed by atoms with E-state index in [0.717, 1.165) is 12.8 Å². The Morgan fingerprint density at radius 3 is 2.96 bits per heavy atom. The molecule has 134 valence electrons. The number of thioether (sulfide) groups is 1. The molecule has 1 aromatic heterocycles. The Morgan fingerprint density at radius 2 is 2.16 bits per heavy atom. The van der Waals surface area contributed by atoms with Crippen molar-refractivity contribution in [3.8, 4) is 11.4 Å². The van der Waals surface area contributed by atoms with E-state index >= 15 is 0 Å². The van der Waals surface area contributed by atoms with Crippen molar-refractivity contribution >= 4 is 17.7 Å². The molecule has 1 aromatic carbocycles. The van der Waals surface area contributed by atoms with E-state index in [0.29, 0.717) is 28.4 Å². The summed E-state index contributed by atoms with van der Waals surface area (Å²) in [6.07, 6.45) is 3.44. The van der Waals surface area contributed by atoms with Gasteiger partial charge in [-0.25, -0.2) is 9.37 Å². The maximum Gasteiger partial charge on any atom is 0.230 e. The van der Waals surface area contributed by atoms with Gasteiger partial charge in [-0.3, -0.25) is 9.89 Å². The summed E-state index contributed by atoms with van der Waals surface area (Å²) in [5.41, 5.74) is 0.372. The molecule has 0 radical (unpaired) electrons. The normalized spacial score (nSPS) is 23.4. The lowest BCUT2D eigenvalue weighted by Crippen LogP contribution is -2.44. The third kappa shape index (κ3) is 4.39. The SMILES string of the molecule is C[C@H]1[C@@H](NC(=O)CSc2n[nH]c(-c3ccccc3F)n2)CCC[C@@H]1C. The second kappa shape index (κ2) is 7.99. The van der Waals surface area contributed by atoms with E-state index in [-0.39, 0.29) is 23.5 Å². The molecule has 2 N–H and O–H groups in total. The summed E-state index contributed by atoms with van der Waals surface area (Å²) in [5.74, 6) is 1.41. The van der Waals surface area contributed by atoms with Crippen LogP contribution in [0.1, 0.15) is 33.1 Å². The lowest BCUT2D eigenvalue weighted by atomic mass is 9.78. The quantitative estimate of drug-likeness (QED) is 0.797. The zero-order chi connectivity index (χ0) is 17.8. The number of hydrogen-bond donors (Lipinski definition) is 2. The summed E-state index contributed by atoms with van der Waals surface area (Å²) in [4.78, 5) is 16.5. The molecule has 3 rings (SSSR count). The van der Waals surface area contributed by atoms with Crippen LogP contribution in [0.3, 0.4) is 0 Å². The molecular weight excluding hydrogens is 339 g/mol. The molecular formula is C18H23FN4OS. The molecule has 1 aliphatic carbocycles. The molecule has 0 saturated heterocycles. The molecule has 0 bridgehead atoms. The van der Waals surface area contributed by atoms with E-state index in [9.17, 15) is 9.18 Å². The standard InChI is InChI=1S/C18H23FN4OS/c1-11-6-5-9-15(12(11)2)20-16(24)10-25-18-21-17(22-23-18)13-7-3-4-8-14(13)19/h3-4,7-8,11-12,15H,5-6,9-10H2,1-2H3,(H,20,24)(H,21,22,23)/t11-,12+,15-/m0/s1. The van der Waals surface area contributed by atoms with Gasteiger partial charge in [0.15, 0.2) is 5.82 Å². The highest BCUT2D eigenvalue weighted by Crippen LogP contribution is 2.29. The smallest absolute Gasteiger partial charge is 0.230 e. The minimum Gasteiger partial charge on any atom is -0.352 e. The number of nitrogens with zero attached hydrogens (tertiary/aromatic N) is 2. The van der Waals surface area contributed by atoms with E-state index in [4.69, 9.17) is 0 Å². The van der Waals surface area contributed by atoms with E-state index in [2.05, 4.69) is 34.3 Å². The molecule has 2 aromatic rings. The Hall–Kier alpha value is -1.89. The first kappa shape index (κ1) is 17.9. The second-order valence-electron chi connectivity index (χ2n) is 6.68. The van der Waals surface area contributed by atoms with Gasteiger partial charge in [0.2, 0.25) is 11.1 Å². The Labute approximate surface area is 151 Å². The Morgan fingerprint density at radius 1 is 1.36 bits per heavy atom. The predicted octanol–water partition coefficient (Wildman–Crippen LogP) is 3.64. The average Bonchev–Trinajstić information content (AvgIpc) is 3.06. The van der Waals surface area contributed by atoms with Gasteiger partial charge in [0, 0.05) is 6.04 Å². The number of aromatic nitrogens is 3. The summed E-state index contributed by atoms with van der Waals surface area (Å²) in [7, 11) is 0. The third-order valence-corrected chi connectivity index (χ3v) is 5.83. The molecule has 1 heterocycles. The number of H-pyrrole nitrogens is 1. The van der Waals surface area contributed by atoms with Crippen LogP contribution in [0.25, 0.3) is 11.4 Å². The van der Waals surface area contributed by atoms with E-state index in [1.54, 1.807) is 18.2 Å². The first-order valence-corrected chi connectivity index (χ1v) is 9.62. The molecule has 1 amide bonds. The summed E-state index contributed by atoms with van der Waals surface area (Å²) < 4.78 is 13.8. The van der Waals surface area contributed by atoms with Crippen LogP contribution < -0.4 is 5.32 Å². The van der Waals surface area contributed by atoms with Gasteiger partial charge in [-0.05, 0) is 30.4 Å². The maximum absolute atomic E-state index is 13.8. The van der Waals surface area contributed by atoms with Gasteiger partial charge >= 0.3 is 0 Å². The molecule has 3 atom stereocenters. The molecule has 0 spiro atoms. The highest BCUT2D eigenvalue weighted by molar-refractivity contribution is 7.99. The van der Waals surface area contributed by atoms with Crippen LogP contribution in [0.15, 0.2) is 29.4 Å². The van der Waals surface area contributed by atoms with Crippen LogP contribution in [-0.2, 0) is 4.79 Å². The van der Waals surface area contributed by atoms with Crippen molar-refractivity contribution in [1.29, 1.82) is 0 Å². The number of amides is 1. The van der Waals surface area contributed by atoms with E-state index in [1.807, 2.05) is 0 Å². The molecule has 5 nitrogen and oxygen atoms in total. The lowest BCUT2D eigenvalue weighted by Gasteiger charge is -2.34. The number of benzene rings is 1. The van der Waals surface area contributed by atoms with Crippen molar-refractivity contribution in [2.24, 2.45) is 11.8 Å². The average molecular weight is 362 g/mol. The van der Waals surface area contributed by atoms with Crippen LogP contribution >= 0.6 is 11.8 Å². The number of hydrogen-bond acceptors (Lipinski definition) is 4. The highest BCUT2D eigenvalue weighted by Gasteiger charge is 2.28. The number of nitrogens with one attached hydrogen (secondary N) is 2. The minimum atomic E-state index is -0.353. The summed E-state index contributed by atoms with van der Waals surface area (Å²) in [6, 6.07) is 6.64. The number of carbonyl (C=O) groups excluding carboxylic acids is 1. The Bertz CT molecular complexity index is 735. The fourth-order valence-corrected chi connectivity index (χ4v) is 3.86. The Kier molecular flexibility index (Phi) is 5.73. The highest BCUT2D eigenvalue weighted by atomic mass is 32.2. The predicted molar refractivity (Wildman–Crippen MR) is 96.6 cm³/mol. The fourth-order valence-electron chi connectivity index (χ4n) is 3.25. The molecule has 0 aliphatic heterocycles. The zero-order valence-corrected chi connectivity index (χ0v) is 15.3. The van der Waals surface area contributed by atoms with Crippen LogP contribution in [0.2, 0.25) is 0 Å². The van der Waals surface area contributed by atoms with Gasteiger partial charge in [-0.15, -0.1) is 5.10 Å². The summed E-state index contributed by atoms with van der Waals surface area (Å²) in [6.45, 7) is 4.45. The number of rotatable bonds is 5. The first-order valence-electron chi connectivity index (χ1n) is 8.64. The molecule has 1 fully saturated rings. The van der Waals surface area contributed by atoms with Gasteiger partial charge < -0.3 is 5.32 Å². The summed E-state index contributed by atoms with van der Waals surface area (Å²) >= 11 is 1.25. The fraction of sp³-hybridized carbons (Fsp3) is 0.500. The third-order valence-electron chi connectivity index (χ3n) is 4.98. The largest absolute Gasteiger partial charge is 0.352 e.